The van der Waals surface area contributed by atoms with Gasteiger partial charge in [-0.25, -0.2) is 0 Å². The van der Waals surface area contributed by atoms with Gasteiger partial charge in [0.25, 0.3) is 0 Å². The maximum Gasteiger partial charge on any atom is 0.237 e. The molecule has 0 spiro atoms. The van der Waals surface area contributed by atoms with Gasteiger partial charge in [-0.05, 0) is 64.2 Å². The molecule has 1 atom stereocenters. The summed E-state index contributed by atoms with van der Waals surface area (Å²) in [6.07, 6.45) is 3.47. The molecule has 1 heterocycles. The van der Waals surface area contributed by atoms with E-state index >= 15 is 0 Å². The minimum absolute atomic E-state index is 0.0160. The van der Waals surface area contributed by atoms with Crippen LogP contribution in [-0.4, -0.2) is 49.6 Å². The Morgan fingerprint density at radius 3 is 2.45 bits per heavy atom. The zero-order valence-corrected chi connectivity index (χ0v) is 13.7. The molecule has 1 rings (SSSR count). The van der Waals surface area contributed by atoms with Gasteiger partial charge >= 0.3 is 0 Å². The lowest BCUT2D eigenvalue weighted by Gasteiger charge is -2.35. The first kappa shape index (κ1) is 17.4. The number of carbonyl (C=O) groups is 1. The molecule has 1 saturated heterocycles. The largest absolute Gasteiger partial charge is 0.355 e. The van der Waals surface area contributed by atoms with Crippen molar-refractivity contribution in [3.63, 3.8) is 0 Å². The van der Waals surface area contributed by atoms with Gasteiger partial charge in [-0.15, -0.1) is 0 Å². The van der Waals surface area contributed by atoms with Gasteiger partial charge in [0.15, 0.2) is 0 Å². The number of rotatable bonds is 8. The van der Waals surface area contributed by atoms with Crippen LogP contribution in [-0.2, 0) is 4.79 Å². The second kappa shape index (κ2) is 9.35. The fourth-order valence-electron chi connectivity index (χ4n) is 2.69. The van der Waals surface area contributed by atoms with E-state index in [-0.39, 0.29) is 11.9 Å². The molecule has 0 bridgehead atoms. The number of carbonyl (C=O) groups excluding carboxylic acids is 1. The second-order valence-corrected chi connectivity index (χ2v) is 6.44. The average Bonchev–Trinajstić information content (AvgIpc) is 2.44. The molecule has 0 radical (unpaired) electrons. The molecular formula is C16H33N3O. The normalized spacial score (nSPS) is 19.2. The Morgan fingerprint density at radius 2 is 1.90 bits per heavy atom. The zero-order valence-electron chi connectivity index (χ0n) is 13.7. The van der Waals surface area contributed by atoms with E-state index in [1.54, 1.807) is 0 Å². The lowest BCUT2D eigenvalue weighted by atomic mass is 9.95. The smallest absolute Gasteiger partial charge is 0.237 e. The molecule has 0 aromatic carbocycles. The predicted octanol–water partition coefficient (Wildman–Crippen LogP) is 1.86. The Hall–Kier alpha value is -0.610. The third-order valence-corrected chi connectivity index (χ3v) is 4.28. The molecule has 0 aliphatic carbocycles. The molecule has 0 saturated carbocycles. The summed E-state index contributed by atoms with van der Waals surface area (Å²) in [7, 11) is 0. The second-order valence-electron chi connectivity index (χ2n) is 6.44. The van der Waals surface area contributed by atoms with E-state index in [4.69, 9.17) is 0 Å². The van der Waals surface area contributed by atoms with E-state index in [9.17, 15) is 4.79 Å². The Bertz CT molecular complexity index is 273. The van der Waals surface area contributed by atoms with Crippen molar-refractivity contribution in [1.82, 2.24) is 15.5 Å². The third-order valence-electron chi connectivity index (χ3n) is 4.28. The van der Waals surface area contributed by atoms with E-state index in [2.05, 4.69) is 36.3 Å². The van der Waals surface area contributed by atoms with Crippen molar-refractivity contribution < 1.29 is 4.79 Å². The van der Waals surface area contributed by atoms with Crippen LogP contribution in [0.2, 0.25) is 0 Å². The van der Waals surface area contributed by atoms with Gasteiger partial charge in [-0.1, -0.05) is 20.8 Å². The number of amides is 1. The van der Waals surface area contributed by atoms with Gasteiger partial charge in [0, 0.05) is 6.54 Å². The van der Waals surface area contributed by atoms with Crippen molar-refractivity contribution in [2.45, 2.75) is 53.0 Å². The maximum atomic E-state index is 12.1. The van der Waals surface area contributed by atoms with Crippen LogP contribution in [0, 0.1) is 11.8 Å². The summed E-state index contributed by atoms with van der Waals surface area (Å²) in [6.45, 7) is 13.6. The van der Waals surface area contributed by atoms with Crippen molar-refractivity contribution >= 4 is 5.91 Å². The highest BCUT2D eigenvalue weighted by molar-refractivity contribution is 5.81. The first-order valence-corrected chi connectivity index (χ1v) is 8.27. The summed E-state index contributed by atoms with van der Waals surface area (Å²) >= 11 is 0. The van der Waals surface area contributed by atoms with Gasteiger partial charge in [0.2, 0.25) is 5.91 Å². The van der Waals surface area contributed by atoms with Gasteiger partial charge in [0.1, 0.15) is 0 Å². The van der Waals surface area contributed by atoms with Crippen LogP contribution in [0.1, 0.15) is 47.0 Å². The van der Waals surface area contributed by atoms with Crippen molar-refractivity contribution in [2.24, 2.45) is 11.8 Å². The monoisotopic (exact) mass is 283 g/mol. The highest BCUT2D eigenvalue weighted by atomic mass is 16.2. The maximum absolute atomic E-state index is 12.1. The number of nitrogens with zero attached hydrogens (tertiary/aromatic N) is 1. The van der Waals surface area contributed by atoms with E-state index in [1.165, 1.54) is 12.8 Å². The summed E-state index contributed by atoms with van der Waals surface area (Å²) in [5, 5.41) is 6.49. The lowest BCUT2D eigenvalue weighted by Crippen LogP contribution is -2.49. The molecule has 0 aromatic rings. The Balaban J connectivity index is 2.24. The molecule has 0 aromatic heterocycles. The minimum atomic E-state index is 0.0160. The van der Waals surface area contributed by atoms with E-state index in [0.29, 0.717) is 5.92 Å². The van der Waals surface area contributed by atoms with Gasteiger partial charge in [-0.2, -0.15) is 0 Å². The standard InChI is InChI=1S/C16H33N3O/c1-5-17-12-15-7-10-19(11-8-15)14(4)16(20)18-9-6-13(2)3/h13-15,17H,5-12H2,1-4H3,(H,18,20). The SMILES string of the molecule is CCNCC1CCN(C(C)C(=O)NCCC(C)C)CC1. The summed E-state index contributed by atoms with van der Waals surface area (Å²) in [5.74, 6) is 1.62. The van der Waals surface area contributed by atoms with E-state index in [1.807, 2.05) is 6.92 Å². The zero-order chi connectivity index (χ0) is 15.0. The molecule has 4 nitrogen and oxygen atoms in total. The minimum Gasteiger partial charge on any atom is -0.355 e. The third kappa shape index (κ3) is 6.23. The highest BCUT2D eigenvalue weighted by Crippen LogP contribution is 2.18. The lowest BCUT2D eigenvalue weighted by molar-refractivity contribution is -0.126. The van der Waals surface area contributed by atoms with Crippen LogP contribution in [0.15, 0.2) is 0 Å². The van der Waals surface area contributed by atoms with Crippen LogP contribution in [0.3, 0.4) is 0 Å². The van der Waals surface area contributed by atoms with Gasteiger partial charge in [0.05, 0.1) is 6.04 Å². The number of likely N-dealkylation sites (tertiary alicyclic amines) is 1. The summed E-state index contributed by atoms with van der Waals surface area (Å²) in [4.78, 5) is 14.4. The fourth-order valence-corrected chi connectivity index (χ4v) is 2.69. The highest BCUT2D eigenvalue weighted by Gasteiger charge is 2.26. The topological polar surface area (TPSA) is 44.4 Å². The Morgan fingerprint density at radius 1 is 1.25 bits per heavy atom. The van der Waals surface area contributed by atoms with Crippen LogP contribution < -0.4 is 10.6 Å². The first-order chi connectivity index (χ1) is 9.54. The molecule has 2 N–H and O–H groups in total. The van der Waals surface area contributed by atoms with Crippen molar-refractivity contribution in [1.29, 1.82) is 0 Å². The number of nitrogens with one attached hydrogen (secondary N) is 2. The van der Waals surface area contributed by atoms with Crippen molar-refractivity contribution in [3.8, 4) is 0 Å². The quantitative estimate of drug-likeness (QED) is 0.714. The van der Waals surface area contributed by atoms with Crippen LogP contribution >= 0.6 is 0 Å². The molecule has 1 aliphatic rings. The molecule has 1 aliphatic heterocycles. The van der Waals surface area contributed by atoms with Crippen LogP contribution in [0.25, 0.3) is 0 Å². The van der Waals surface area contributed by atoms with Gasteiger partial charge < -0.3 is 10.6 Å². The van der Waals surface area contributed by atoms with Crippen molar-refractivity contribution in [2.75, 3.05) is 32.7 Å². The summed E-state index contributed by atoms with van der Waals surface area (Å²) in [6, 6.07) is 0.0160. The number of hydrogen-bond donors (Lipinski definition) is 2. The molecule has 4 heteroatoms. The molecule has 20 heavy (non-hydrogen) atoms. The van der Waals surface area contributed by atoms with Gasteiger partial charge in [-0.3, -0.25) is 9.69 Å². The molecule has 118 valence electrons. The molecule has 1 fully saturated rings. The number of piperidine rings is 1. The molecule has 1 unspecified atom stereocenters. The van der Waals surface area contributed by atoms with Crippen LogP contribution in [0.5, 0.6) is 0 Å². The fraction of sp³-hybridized carbons (Fsp3) is 0.938. The molecule has 1 amide bonds. The van der Waals surface area contributed by atoms with E-state index < -0.39 is 0 Å². The predicted molar refractivity (Wildman–Crippen MR) is 84.8 cm³/mol. The molecular weight excluding hydrogens is 250 g/mol. The van der Waals surface area contributed by atoms with Crippen molar-refractivity contribution in [3.05, 3.63) is 0 Å². The average molecular weight is 283 g/mol. The number of hydrogen-bond acceptors (Lipinski definition) is 3. The summed E-state index contributed by atoms with van der Waals surface area (Å²) in [5.41, 5.74) is 0. The Labute approximate surface area is 124 Å². The van der Waals surface area contributed by atoms with Crippen LogP contribution in [0.4, 0.5) is 0 Å². The first-order valence-electron chi connectivity index (χ1n) is 8.27. The summed E-state index contributed by atoms with van der Waals surface area (Å²) < 4.78 is 0. The van der Waals surface area contributed by atoms with E-state index in [0.717, 1.165) is 45.1 Å². The Kier molecular flexibility index (Phi) is 8.15.